The molecule has 1 aromatic carbocycles. The van der Waals surface area contributed by atoms with E-state index < -0.39 is 0 Å². The molecule has 5 heteroatoms. The summed E-state index contributed by atoms with van der Waals surface area (Å²) < 4.78 is 0. The van der Waals surface area contributed by atoms with Gasteiger partial charge in [0.1, 0.15) is 0 Å². The van der Waals surface area contributed by atoms with Crippen LogP contribution in [0.1, 0.15) is 55.3 Å². The van der Waals surface area contributed by atoms with Crippen molar-refractivity contribution in [3.8, 4) is 0 Å². The van der Waals surface area contributed by atoms with E-state index in [-0.39, 0.29) is 23.5 Å². The molecule has 0 aliphatic carbocycles. The Morgan fingerprint density at radius 2 is 1.85 bits per heavy atom. The molecule has 0 unspecified atom stereocenters. The van der Waals surface area contributed by atoms with E-state index in [2.05, 4.69) is 36.1 Å². The van der Waals surface area contributed by atoms with Crippen LogP contribution in [0.5, 0.6) is 0 Å². The number of nitrogens with one attached hydrogen (secondary N) is 2. The number of piperidine rings is 1. The standard InChI is InChI=1S/C22H25N3O2/c1-13-7-6-8-15(14(13)2)9-17-19(26)11-16(21(27)25-17)10-18-20(22(3,4)5)24-12-23-18/h6-10,12H,11H2,1-5H3,(H,23,24)(H,25,27)/b16-10+,17-9-. The Labute approximate surface area is 159 Å². The van der Waals surface area contributed by atoms with Crippen LogP contribution in [0.15, 0.2) is 35.8 Å². The number of hydrogen-bond donors (Lipinski definition) is 2. The van der Waals surface area contributed by atoms with Crippen LogP contribution in [0.25, 0.3) is 12.2 Å². The van der Waals surface area contributed by atoms with Crippen molar-refractivity contribution in [1.29, 1.82) is 0 Å². The molecule has 1 aliphatic rings. The number of nitrogens with zero attached hydrogens (tertiary/aromatic N) is 1. The second-order valence-corrected chi connectivity index (χ2v) is 7.98. The maximum Gasteiger partial charge on any atom is 0.252 e. The summed E-state index contributed by atoms with van der Waals surface area (Å²) >= 11 is 0. The lowest BCUT2D eigenvalue weighted by atomic mass is 9.89. The molecule has 2 aromatic rings. The van der Waals surface area contributed by atoms with Gasteiger partial charge in [-0.25, -0.2) is 4.98 Å². The molecule has 5 nitrogen and oxygen atoms in total. The van der Waals surface area contributed by atoms with Crippen molar-refractivity contribution in [3.63, 3.8) is 0 Å². The second kappa shape index (κ2) is 6.99. The lowest BCUT2D eigenvalue weighted by Crippen LogP contribution is -2.35. The van der Waals surface area contributed by atoms with Gasteiger partial charge in [-0.15, -0.1) is 0 Å². The topological polar surface area (TPSA) is 74.8 Å². The Morgan fingerprint density at radius 3 is 2.56 bits per heavy atom. The Bertz CT molecular complexity index is 972. The van der Waals surface area contributed by atoms with Crippen molar-refractivity contribution in [1.82, 2.24) is 15.3 Å². The van der Waals surface area contributed by atoms with Crippen LogP contribution in [-0.2, 0) is 15.0 Å². The van der Waals surface area contributed by atoms with Crippen molar-refractivity contribution in [2.45, 2.75) is 46.5 Å². The van der Waals surface area contributed by atoms with Crippen LogP contribution in [0.4, 0.5) is 0 Å². The van der Waals surface area contributed by atoms with Crippen LogP contribution in [-0.4, -0.2) is 21.7 Å². The van der Waals surface area contributed by atoms with Crippen molar-refractivity contribution >= 4 is 23.8 Å². The monoisotopic (exact) mass is 363 g/mol. The first-order valence-electron chi connectivity index (χ1n) is 9.03. The Balaban J connectivity index is 1.89. The van der Waals surface area contributed by atoms with Gasteiger partial charge in [-0.05, 0) is 42.7 Å². The minimum Gasteiger partial charge on any atom is -0.348 e. The van der Waals surface area contributed by atoms with Gasteiger partial charge in [0.15, 0.2) is 5.78 Å². The number of hydrogen-bond acceptors (Lipinski definition) is 3. The van der Waals surface area contributed by atoms with E-state index in [0.717, 1.165) is 22.4 Å². The van der Waals surface area contributed by atoms with Gasteiger partial charge in [0.05, 0.1) is 17.7 Å². The van der Waals surface area contributed by atoms with Gasteiger partial charge in [0, 0.05) is 23.1 Å². The quantitative estimate of drug-likeness (QED) is 0.796. The zero-order chi connectivity index (χ0) is 19.8. The third-order valence-electron chi connectivity index (χ3n) is 4.87. The fourth-order valence-electron chi connectivity index (χ4n) is 3.12. The summed E-state index contributed by atoms with van der Waals surface area (Å²) in [5, 5.41) is 2.75. The van der Waals surface area contributed by atoms with E-state index in [1.54, 1.807) is 18.5 Å². The van der Waals surface area contributed by atoms with Crippen LogP contribution in [0.3, 0.4) is 0 Å². The third kappa shape index (κ3) is 3.92. The molecule has 1 fully saturated rings. The summed E-state index contributed by atoms with van der Waals surface area (Å²) in [4.78, 5) is 32.6. The number of amides is 1. The van der Waals surface area contributed by atoms with Gasteiger partial charge in [0.25, 0.3) is 5.91 Å². The molecule has 140 valence electrons. The maximum absolute atomic E-state index is 12.6. The van der Waals surface area contributed by atoms with Gasteiger partial charge in [-0.3, -0.25) is 9.59 Å². The highest BCUT2D eigenvalue weighted by Crippen LogP contribution is 2.26. The molecular weight excluding hydrogens is 338 g/mol. The molecule has 1 saturated heterocycles. The van der Waals surface area contributed by atoms with E-state index in [1.165, 1.54) is 0 Å². The lowest BCUT2D eigenvalue weighted by molar-refractivity contribution is -0.123. The molecule has 0 atom stereocenters. The highest BCUT2D eigenvalue weighted by molar-refractivity contribution is 6.15. The van der Waals surface area contributed by atoms with Gasteiger partial charge in [0.2, 0.25) is 0 Å². The number of H-pyrrole nitrogens is 1. The zero-order valence-corrected chi connectivity index (χ0v) is 16.4. The van der Waals surface area contributed by atoms with Crippen LogP contribution < -0.4 is 5.32 Å². The Kier molecular flexibility index (Phi) is 4.87. The highest BCUT2D eigenvalue weighted by Gasteiger charge is 2.27. The molecule has 2 heterocycles. The Morgan fingerprint density at radius 1 is 1.11 bits per heavy atom. The summed E-state index contributed by atoms with van der Waals surface area (Å²) in [7, 11) is 0. The second-order valence-electron chi connectivity index (χ2n) is 7.98. The van der Waals surface area contributed by atoms with E-state index in [0.29, 0.717) is 17.0 Å². The van der Waals surface area contributed by atoms with Crippen molar-refractivity contribution in [2.24, 2.45) is 0 Å². The maximum atomic E-state index is 12.6. The largest absolute Gasteiger partial charge is 0.348 e. The van der Waals surface area contributed by atoms with E-state index in [9.17, 15) is 9.59 Å². The fraction of sp³-hybridized carbons (Fsp3) is 0.318. The fourth-order valence-corrected chi connectivity index (χ4v) is 3.12. The molecule has 3 rings (SSSR count). The number of benzene rings is 1. The number of allylic oxidation sites excluding steroid dienone is 1. The minimum absolute atomic E-state index is 0.0684. The summed E-state index contributed by atoms with van der Waals surface area (Å²) in [6.07, 6.45) is 5.15. The van der Waals surface area contributed by atoms with Crippen molar-refractivity contribution in [3.05, 3.63) is 63.9 Å². The molecule has 1 amide bonds. The number of aromatic amines is 1. The van der Waals surface area contributed by atoms with Crippen LogP contribution in [0, 0.1) is 13.8 Å². The van der Waals surface area contributed by atoms with Gasteiger partial charge < -0.3 is 10.3 Å². The first-order valence-corrected chi connectivity index (χ1v) is 9.03. The number of Topliss-reactive ketones (excluding diaryl/α,β-unsaturated/α-hetero) is 1. The predicted octanol–water partition coefficient (Wildman–Crippen LogP) is 3.84. The number of imidazole rings is 1. The van der Waals surface area contributed by atoms with Gasteiger partial charge in [-0.1, -0.05) is 39.0 Å². The molecule has 0 spiro atoms. The normalized spacial score (nSPS) is 18.3. The van der Waals surface area contributed by atoms with E-state index in [1.807, 2.05) is 32.0 Å². The van der Waals surface area contributed by atoms with E-state index >= 15 is 0 Å². The highest BCUT2D eigenvalue weighted by atomic mass is 16.2. The predicted molar refractivity (Wildman–Crippen MR) is 107 cm³/mol. The number of aromatic nitrogens is 2. The number of ketones is 1. The minimum atomic E-state index is -0.256. The molecule has 1 aromatic heterocycles. The number of carbonyl (C=O) groups is 2. The SMILES string of the molecule is Cc1cccc(/C=C2\NC(=O)/C(=C/c3nc[nH]c3C(C)(C)C)CC2=O)c1C. The zero-order valence-electron chi connectivity index (χ0n) is 16.4. The first kappa shape index (κ1) is 18.8. The number of aryl methyl sites for hydroxylation is 1. The van der Waals surface area contributed by atoms with Crippen molar-refractivity contribution < 1.29 is 9.59 Å². The van der Waals surface area contributed by atoms with Crippen LogP contribution >= 0.6 is 0 Å². The van der Waals surface area contributed by atoms with Gasteiger partial charge in [-0.2, -0.15) is 0 Å². The van der Waals surface area contributed by atoms with E-state index in [4.69, 9.17) is 0 Å². The molecule has 27 heavy (non-hydrogen) atoms. The van der Waals surface area contributed by atoms with Crippen molar-refractivity contribution in [2.75, 3.05) is 0 Å². The molecule has 2 N–H and O–H groups in total. The summed E-state index contributed by atoms with van der Waals surface area (Å²) in [5.41, 5.74) is 5.45. The summed E-state index contributed by atoms with van der Waals surface area (Å²) in [5.74, 6) is -0.358. The summed E-state index contributed by atoms with van der Waals surface area (Å²) in [6.45, 7) is 10.2. The average Bonchev–Trinajstić information content (AvgIpc) is 3.05. The lowest BCUT2D eigenvalue weighted by Gasteiger charge is -2.20. The smallest absolute Gasteiger partial charge is 0.252 e. The number of rotatable bonds is 2. The number of carbonyl (C=O) groups excluding carboxylic acids is 2. The molecule has 0 bridgehead atoms. The third-order valence-corrected chi connectivity index (χ3v) is 4.87. The average molecular weight is 363 g/mol. The first-order chi connectivity index (χ1) is 12.7. The molecule has 1 aliphatic heterocycles. The van der Waals surface area contributed by atoms with Crippen LogP contribution in [0.2, 0.25) is 0 Å². The van der Waals surface area contributed by atoms with Gasteiger partial charge >= 0.3 is 0 Å². The molecule has 0 radical (unpaired) electrons. The summed E-state index contributed by atoms with van der Waals surface area (Å²) in [6, 6.07) is 5.91. The Hall–Kier alpha value is -2.95. The molecular formula is C22H25N3O2. The molecule has 0 saturated carbocycles.